The lowest BCUT2D eigenvalue weighted by molar-refractivity contribution is -0.136. The molecule has 0 saturated heterocycles. The molecule has 0 aliphatic heterocycles. The van der Waals surface area contributed by atoms with Gasteiger partial charge in [0.15, 0.2) is 6.10 Å². The second-order valence-corrected chi connectivity index (χ2v) is 3.51. The molecule has 0 rings (SSSR count). The molecule has 5 heteroatoms. The van der Waals surface area contributed by atoms with Crippen molar-refractivity contribution >= 4 is 5.91 Å². The molecule has 0 aliphatic rings. The van der Waals surface area contributed by atoms with Crippen molar-refractivity contribution in [3.05, 3.63) is 0 Å². The molecule has 0 aliphatic carbocycles. The Labute approximate surface area is 84.9 Å². The van der Waals surface area contributed by atoms with Crippen molar-refractivity contribution in [2.24, 2.45) is 11.8 Å². The summed E-state index contributed by atoms with van der Waals surface area (Å²) in [6, 6.07) is 0. The van der Waals surface area contributed by atoms with Gasteiger partial charge < -0.3 is 9.47 Å². The standard InChI is InChI=1S/C9H20N2O3/c1-7(2)4-5-14-8(6-13-3)9(12)11-10/h7-8H,4-6,10H2,1-3H3,(H,11,12). The zero-order valence-corrected chi connectivity index (χ0v) is 9.08. The number of amides is 1. The van der Waals surface area contributed by atoms with Gasteiger partial charge in [0.1, 0.15) is 0 Å². The van der Waals surface area contributed by atoms with Crippen LogP contribution >= 0.6 is 0 Å². The first kappa shape index (κ1) is 13.4. The predicted octanol–water partition coefficient (Wildman–Crippen LogP) is 0.0540. The number of nitrogens with two attached hydrogens (primary N) is 1. The van der Waals surface area contributed by atoms with Crippen LogP contribution in [0.1, 0.15) is 20.3 Å². The number of hydrazine groups is 1. The fourth-order valence-electron chi connectivity index (χ4n) is 0.890. The van der Waals surface area contributed by atoms with Crippen LogP contribution in [0.5, 0.6) is 0 Å². The summed E-state index contributed by atoms with van der Waals surface area (Å²) in [5.41, 5.74) is 2.04. The summed E-state index contributed by atoms with van der Waals surface area (Å²) >= 11 is 0. The molecule has 0 radical (unpaired) electrons. The van der Waals surface area contributed by atoms with Gasteiger partial charge in [-0.25, -0.2) is 5.84 Å². The van der Waals surface area contributed by atoms with Crippen LogP contribution in [0.25, 0.3) is 0 Å². The number of hydrogen-bond donors (Lipinski definition) is 2. The van der Waals surface area contributed by atoms with E-state index in [0.717, 1.165) is 6.42 Å². The van der Waals surface area contributed by atoms with Crippen molar-refractivity contribution in [1.82, 2.24) is 5.43 Å². The summed E-state index contributed by atoms with van der Waals surface area (Å²) < 4.78 is 10.2. The molecule has 0 fully saturated rings. The minimum atomic E-state index is -0.608. The van der Waals surface area contributed by atoms with Gasteiger partial charge in [-0.3, -0.25) is 10.2 Å². The normalized spacial score (nSPS) is 12.9. The van der Waals surface area contributed by atoms with Crippen LogP contribution in [0, 0.1) is 5.92 Å². The largest absolute Gasteiger partial charge is 0.381 e. The second-order valence-electron chi connectivity index (χ2n) is 3.51. The number of carbonyl (C=O) groups is 1. The van der Waals surface area contributed by atoms with Crippen LogP contribution in [0.4, 0.5) is 0 Å². The number of rotatable bonds is 7. The molecule has 3 N–H and O–H groups in total. The molecule has 1 atom stereocenters. The van der Waals surface area contributed by atoms with Crippen molar-refractivity contribution in [2.75, 3.05) is 20.3 Å². The van der Waals surface area contributed by atoms with Crippen LogP contribution in [0.15, 0.2) is 0 Å². The fourth-order valence-corrected chi connectivity index (χ4v) is 0.890. The predicted molar refractivity (Wildman–Crippen MR) is 53.4 cm³/mol. The Morgan fingerprint density at radius 1 is 1.50 bits per heavy atom. The van der Waals surface area contributed by atoms with Gasteiger partial charge in [-0.2, -0.15) is 0 Å². The smallest absolute Gasteiger partial charge is 0.265 e. The van der Waals surface area contributed by atoms with E-state index in [0.29, 0.717) is 12.5 Å². The monoisotopic (exact) mass is 204 g/mol. The van der Waals surface area contributed by atoms with Gasteiger partial charge in [0.2, 0.25) is 0 Å². The number of methoxy groups -OCH3 is 1. The van der Waals surface area contributed by atoms with Gasteiger partial charge in [-0.05, 0) is 12.3 Å². The van der Waals surface area contributed by atoms with Crippen molar-refractivity contribution in [2.45, 2.75) is 26.4 Å². The Balaban J connectivity index is 3.78. The van der Waals surface area contributed by atoms with E-state index in [1.54, 1.807) is 0 Å². The topological polar surface area (TPSA) is 73.6 Å². The third kappa shape index (κ3) is 5.90. The minimum Gasteiger partial charge on any atom is -0.381 e. The maximum atomic E-state index is 11.1. The summed E-state index contributed by atoms with van der Waals surface area (Å²) in [6.45, 7) is 4.95. The van der Waals surface area contributed by atoms with Gasteiger partial charge in [0, 0.05) is 13.7 Å². The van der Waals surface area contributed by atoms with Crippen LogP contribution < -0.4 is 11.3 Å². The maximum Gasteiger partial charge on any atom is 0.265 e. The highest BCUT2D eigenvalue weighted by Gasteiger charge is 2.17. The first-order chi connectivity index (χ1) is 6.61. The second kappa shape index (κ2) is 7.73. The van der Waals surface area contributed by atoms with E-state index in [-0.39, 0.29) is 12.5 Å². The SMILES string of the molecule is COCC(OCCC(C)C)C(=O)NN. The van der Waals surface area contributed by atoms with Crippen LogP contribution in [0.2, 0.25) is 0 Å². The Kier molecular flexibility index (Phi) is 7.37. The average molecular weight is 204 g/mol. The van der Waals surface area contributed by atoms with Gasteiger partial charge in [-0.1, -0.05) is 13.8 Å². The first-order valence-electron chi connectivity index (χ1n) is 4.72. The van der Waals surface area contributed by atoms with E-state index in [2.05, 4.69) is 13.8 Å². The lowest BCUT2D eigenvalue weighted by Gasteiger charge is -2.15. The molecular weight excluding hydrogens is 184 g/mol. The van der Waals surface area contributed by atoms with E-state index in [9.17, 15) is 4.79 Å². The third-order valence-corrected chi connectivity index (χ3v) is 1.77. The molecule has 0 heterocycles. The van der Waals surface area contributed by atoms with Crippen molar-refractivity contribution in [1.29, 1.82) is 0 Å². The summed E-state index contributed by atoms with van der Waals surface area (Å²) in [5, 5.41) is 0. The highest BCUT2D eigenvalue weighted by Crippen LogP contribution is 2.02. The molecule has 0 bridgehead atoms. The van der Waals surface area contributed by atoms with E-state index >= 15 is 0 Å². The zero-order chi connectivity index (χ0) is 11.0. The van der Waals surface area contributed by atoms with Crippen LogP contribution in [0.3, 0.4) is 0 Å². The molecule has 0 aromatic rings. The summed E-state index contributed by atoms with van der Waals surface area (Å²) in [5.74, 6) is 5.20. The van der Waals surface area contributed by atoms with Crippen LogP contribution in [-0.2, 0) is 14.3 Å². The number of hydrogen-bond acceptors (Lipinski definition) is 4. The molecule has 0 saturated carbocycles. The highest BCUT2D eigenvalue weighted by atomic mass is 16.5. The summed E-state index contributed by atoms with van der Waals surface area (Å²) in [4.78, 5) is 11.1. The maximum absolute atomic E-state index is 11.1. The van der Waals surface area contributed by atoms with E-state index in [1.807, 2.05) is 5.43 Å². The summed E-state index contributed by atoms with van der Waals surface area (Å²) in [6.07, 6.45) is 0.307. The number of ether oxygens (including phenoxy) is 2. The van der Waals surface area contributed by atoms with Gasteiger partial charge >= 0.3 is 0 Å². The number of carbonyl (C=O) groups excluding carboxylic acids is 1. The van der Waals surface area contributed by atoms with Crippen molar-refractivity contribution < 1.29 is 14.3 Å². The van der Waals surface area contributed by atoms with Crippen molar-refractivity contribution in [3.8, 4) is 0 Å². The fraction of sp³-hybridized carbons (Fsp3) is 0.889. The first-order valence-corrected chi connectivity index (χ1v) is 4.72. The summed E-state index contributed by atoms with van der Waals surface area (Å²) in [7, 11) is 1.52. The van der Waals surface area contributed by atoms with E-state index in [1.165, 1.54) is 7.11 Å². The van der Waals surface area contributed by atoms with E-state index in [4.69, 9.17) is 15.3 Å². The highest BCUT2D eigenvalue weighted by molar-refractivity contribution is 5.80. The molecule has 1 unspecified atom stereocenters. The molecular formula is C9H20N2O3. The van der Waals surface area contributed by atoms with Gasteiger partial charge in [-0.15, -0.1) is 0 Å². The van der Waals surface area contributed by atoms with Gasteiger partial charge in [0.25, 0.3) is 5.91 Å². The molecule has 1 amide bonds. The quantitative estimate of drug-likeness (QED) is 0.349. The molecule has 84 valence electrons. The van der Waals surface area contributed by atoms with Crippen molar-refractivity contribution in [3.63, 3.8) is 0 Å². The molecule has 5 nitrogen and oxygen atoms in total. The van der Waals surface area contributed by atoms with Crippen LogP contribution in [-0.4, -0.2) is 32.3 Å². The Bertz CT molecular complexity index is 162. The minimum absolute atomic E-state index is 0.223. The zero-order valence-electron chi connectivity index (χ0n) is 9.08. The lowest BCUT2D eigenvalue weighted by Crippen LogP contribution is -2.43. The number of nitrogens with one attached hydrogen (secondary N) is 1. The Morgan fingerprint density at radius 3 is 2.57 bits per heavy atom. The van der Waals surface area contributed by atoms with E-state index < -0.39 is 6.10 Å². The molecule has 0 aromatic carbocycles. The molecule has 14 heavy (non-hydrogen) atoms. The third-order valence-electron chi connectivity index (χ3n) is 1.77. The average Bonchev–Trinajstić information content (AvgIpc) is 2.15. The molecule has 0 aromatic heterocycles. The van der Waals surface area contributed by atoms with Gasteiger partial charge in [0.05, 0.1) is 6.61 Å². The Morgan fingerprint density at radius 2 is 2.14 bits per heavy atom. The molecule has 0 spiro atoms. The Hall–Kier alpha value is -0.650. The lowest BCUT2D eigenvalue weighted by atomic mass is 10.1.